The van der Waals surface area contributed by atoms with Crippen LogP contribution in [0.15, 0.2) is 81.7 Å². The topological polar surface area (TPSA) is 43.8 Å². The first-order valence-electron chi connectivity index (χ1n) is 10.1. The quantitative estimate of drug-likeness (QED) is 0.350. The molecule has 4 rings (SSSR count). The molecule has 4 nitrogen and oxygen atoms in total. The van der Waals surface area contributed by atoms with Crippen LogP contribution in [0.4, 0.5) is 29.3 Å². The molecule has 0 spiro atoms. The van der Waals surface area contributed by atoms with Crippen molar-refractivity contribution in [3.8, 4) is 0 Å². The standard InChI is InChI=1S/C24H19Br2F3N2O2/c1-2-21-23(33,15-4-3-5-16(14-15)24(27,28)29)31(20-12-8-18(26)9-13-20)22(32)30(21)19-10-6-17(25)7-11-19/h3-14,21,33H,2H2,1H3/t21-,23?/m0/s1. The van der Waals surface area contributed by atoms with Crippen molar-refractivity contribution in [3.05, 3.63) is 92.9 Å². The number of benzene rings is 3. The Morgan fingerprint density at radius 3 is 2.00 bits per heavy atom. The zero-order valence-corrected chi connectivity index (χ0v) is 20.5. The second kappa shape index (κ2) is 8.77. The first kappa shape index (κ1) is 23.8. The molecule has 1 fully saturated rings. The number of hydrogen-bond acceptors (Lipinski definition) is 2. The van der Waals surface area contributed by atoms with Crippen molar-refractivity contribution in [1.29, 1.82) is 0 Å². The molecule has 0 saturated carbocycles. The lowest BCUT2D eigenvalue weighted by molar-refractivity contribution is -0.137. The molecule has 0 aromatic heterocycles. The number of amides is 2. The Bertz CT molecular complexity index is 1170. The second-order valence-corrected chi connectivity index (χ2v) is 9.50. The summed E-state index contributed by atoms with van der Waals surface area (Å²) in [4.78, 5) is 16.4. The summed E-state index contributed by atoms with van der Waals surface area (Å²) in [5.41, 5.74) is -2.07. The number of carbonyl (C=O) groups excluding carboxylic acids is 1. The first-order chi connectivity index (χ1) is 15.6. The molecule has 172 valence electrons. The van der Waals surface area contributed by atoms with Crippen molar-refractivity contribution >= 4 is 49.3 Å². The van der Waals surface area contributed by atoms with Gasteiger partial charge in [0, 0.05) is 25.9 Å². The summed E-state index contributed by atoms with van der Waals surface area (Å²) in [5.74, 6) is 0. The minimum atomic E-state index is -4.59. The maximum atomic E-state index is 13.8. The molecule has 3 aromatic carbocycles. The fourth-order valence-corrected chi connectivity index (χ4v) is 4.75. The lowest BCUT2D eigenvalue weighted by atomic mass is 9.90. The van der Waals surface area contributed by atoms with Crippen LogP contribution in [-0.2, 0) is 11.9 Å². The van der Waals surface area contributed by atoms with Gasteiger partial charge in [-0.3, -0.25) is 9.80 Å². The number of nitrogens with zero attached hydrogens (tertiary/aromatic N) is 2. The van der Waals surface area contributed by atoms with Gasteiger partial charge in [0.15, 0.2) is 5.72 Å². The van der Waals surface area contributed by atoms with E-state index in [9.17, 15) is 23.1 Å². The molecule has 1 heterocycles. The van der Waals surface area contributed by atoms with Crippen LogP contribution in [0, 0.1) is 0 Å². The summed E-state index contributed by atoms with van der Waals surface area (Å²) in [7, 11) is 0. The van der Waals surface area contributed by atoms with Crippen LogP contribution in [0.3, 0.4) is 0 Å². The van der Waals surface area contributed by atoms with Gasteiger partial charge in [-0.2, -0.15) is 13.2 Å². The maximum Gasteiger partial charge on any atom is 0.416 e. The Balaban J connectivity index is 1.95. The highest BCUT2D eigenvalue weighted by molar-refractivity contribution is 9.10. The van der Waals surface area contributed by atoms with E-state index in [2.05, 4.69) is 31.9 Å². The van der Waals surface area contributed by atoms with Crippen LogP contribution >= 0.6 is 31.9 Å². The molecule has 0 bridgehead atoms. The van der Waals surface area contributed by atoms with Crippen LogP contribution < -0.4 is 9.80 Å². The average Bonchev–Trinajstić information content (AvgIpc) is 3.01. The van der Waals surface area contributed by atoms with Crippen LogP contribution in [0.1, 0.15) is 24.5 Å². The van der Waals surface area contributed by atoms with Crippen LogP contribution in [0.25, 0.3) is 0 Å². The summed E-state index contributed by atoms with van der Waals surface area (Å²) in [5, 5.41) is 12.1. The third kappa shape index (κ3) is 4.18. The molecule has 0 aliphatic carbocycles. The number of rotatable bonds is 4. The van der Waals surface area contributed by atoms with Crippen molar-refractivity contribution < 1.29 is 23.1 Å². The van der Waals surface area contributed by atoms with Crippen molar-refractivity contribution in [2.45, 2.75) is 31.3 Å². The second-order valence-electron chi connectivity index (χ2n) is 7.67. The average molecular weight is 584 g/mol. The number of anilines is 2. The normalized spacial score (nSPS) is 21.1. The summed E-state index contributed by atoms with van der Waals surface area (Å²) in [6.07, 6.45) is -4.30. The molecular formula is C24H19Br2F3N2O2. The zero-order chi connectivity index (χ0) is 24.0. The molecule has 33 heavy (non-hydrogen) atoms. The lowest BCUT2D eigenvalue weighted by Gasteiger charge is -2.37. The number of halogens is 5. The molecule has 2 amide bonds. The van der Waals surface area contributed by atoms with E-state index in [1.165, 1.54) is 21.9 Å². The minimum absolute atomic E-state index is 0.0138. The molecule has 0 radical (unpaired) electrons. The van der Waals surface area contributed by atoms with Gasteiger partial charge in [-0.25, -0.2) is 4.79 Å². The van der Waals surface area contributed by atoms with E-state index in [0.717, 1.165) is 21.1 Å². The highest BCUT2D eigenvalue weighted by atomic mass is 79.9. The van der Waals surface area contributed by atoms with Gasteiger partial charge in [0.1, 0.15) is 0 Å². The number of urea groups is 1. The van der Waals surface area contributed by atoms with Gasteiger partial charge in [0.25, 0.3) is 0 Å². The Kier molecular flexibility index (Phi) is 6.32. The predicted octanol–water partition coefficient (Wildman–Crippen LogP) is 7.30. The molecule has 1 aliphatic rings. The third-order valence-electron chi connectivity index (χ3n) is 5.71. The predicted molar refractivity (Wildman–Crippen MR) is 128 cm³/mol. The minimum Gasteiger partial charge on any atom is -0.365 e. The van der Waals surface area contributed by atoms with Crippen molar-refractivity contribution in [2.75, 3.05) is 9.80 Å². The SMILES string of the molecule is CC[C@@H]1N(c2ccc(Br)cc2)C(=O)N(c2ccc(Br)cc2)C1(O)c1cccc(C(F)(F)F)c1. The summed E-state index contributed by atoms with van der Waals surface area (Å²) in [6.45, 7) is 1.79. The Morgan fingerprint density at radius 1 is 0.939 bits per heavy atom. The zero-order valence-electron chi connectivity index (χ0n) is 17.4. The molecule has 1 N–H and O–H groups in total. The van der Waals surface area contributed by atoms with Gasteiger partial charge in [0.05, 0.1) is 11.6 Å². The Labute approximate surface area is 205 Å². The highest BCUT2D eigenvalue weighted by Crippen LogP contribution is 2.46. The van der Waals surface area contributed by atoms with Gasteiger partial charge in [-0.1, -0.05) is 50.9 Å². The van der Waals surface area contributed by atoms with E-state index in [0.29, 0.717) is 17.8 Å². The van der Waals surface area contributed by atoms with Gasteiger partial charge in [-0.15, -0.1) is 0 Å². The number of hydrogen-bond donors (Lipinski definition) is 1. The van der Waals surface area contributed by atoms with Gasteiger partial charge in [0.2, 0.25) is 0 Å². The van der Waals surface area contributed by atoms with E-state index < -0.39 is 29.5 Å². The molecule has 1 unspecified atom stereocenters. The summed E-state index contributed by atoms with van der Waals surface area (Å²) in [6, 6.07) is 16.8. The molecule has 2 atom stereocenters. The van der Waals surface area contributed by atoms with Gasteiger partial charge in [-0.05, 0) is 67.1 Å². The number of carbonyl (C=O) groups is 1. The van der Waals surface area contributed by atoms with E-state index >= 15 is 0 Å². The molecular weight excluding hydrogens is 565 g/mol. The molecule has 1 aliphatic heterocycles. The summed E-state index contributed by atoms with van der Waals surface area (Å²) < 4.78 is 42.1. The number of alkyl halides is 3. The van der Waals surface area contributed by atoms with Crippen LogP contribution in [-0.4, -0.2) is 17.2 Å². The Hall–Kier alpha value is -2.36. The third-order valence-corrected chi connectivity index (χ3v) is 6.76. The van der Waals surface area contributed by atoms with Crippen molar-refractivity contribution in [3.63, 3.8) is 0 Å². The molecule has 1 saturated heterocycles. The fraction of sp³-hybridized carbons (Fsp3) is 0.208. The van der Waals surface area contributed by atoms with E-state index in [1.807, 2.05) is 0 Å². The van der Waals surface area contributed by atoms with E-state index in [4.69, 9.17) is 0 Å². The first-order valence-corrected chi connectivity index (χ1v) is 11.7. The maximum absolute atomic E-state index is 13.8. The Morgan fingerprint density at radius 2 is 1.48 bits per heavy atom. The summed E-state index contributed by atoms with van der Waals surface area (Å²) >= 11 is 6.72. The van der Waals surface area contributed by atoms with Crippen molar-refractivity contribution in [1.82, 2.24) is 0 Å². The van der Waals surface area contributed by atoms with Gasteiger partial charge < -0.3 is 5.11 Å². The van der Waals surface area contributed by atoms with Crippen LogP contribution in [0.5, 0.6) is 0 Å². The lowest BCUT2D eigenvalue weighted by Crippen LogP contribution is -2.49. The van der Waals surface area contributed by atoms with Gasteiger partial charge >= 0.3 is 12.2 Å². The number of aliphatic hydroxyl groups is 1. The van der Waals surface area contributed by atoms with E-state index in [-0.39, 0.29) is 5.56 Å². The van der Waals surface area contributed by atoms with Crippen molar-refractivity contribution in [2.24, 2.45) is 0 Å². The smallest absolute Gasteiger partial charge is 0.365 e. The fourth-order valence-electron chi connectivity index (χ4n) is 4.22. The highest BCUT2D eigenvalue weighted by Gasteiger charge is 2.58. The molecule has 9 heteroatoms. The largest absolute Gasteiger partial charge is 0.416 e. The monoisotopic (exact) mass is 582 g/mol. The van der Waals surface area contributed by atoms with E-state index in [1.54, 1.807) is 55.5 Å². The van der Waals surface area contributed by atoms with Crippen LogP contribution in [0.2, 0.25) is 0 Å². The molecule has 3 aromatic rings.